The van der Waals surface area contributed by atoms with Gasteiger partial charge in [-0.15, -0.1) is 0 Å². The average molecular weight is 503 g/mol. The molecule has 0 saturated heterocycles. The Morgan fingerprint density at radius 1 is 0.906 bits per heavy atom. The summed E-state index contributed by atoms with van der Waals surface area (Å²) in [5, 5.41) is 0. The number of ether oxygens (including phenoxy) is 3. The van der Waals surface area contributed by atoms with E-state index in [0.29, 0.717) is 6.42 Å². The topological polar surface area (TPSA) is 133 Å². The third-order valence-corrected chi connectivity index (χ3v) is 5.18. The number of carbonyl (C=O) groups excluding carboxylic acids is 3. The molecule has 180 valence electrons. The van der Waals surface area contributed by atoms with Gasteiger partial charge in [0.05, 0.1) is 12.4 Å². The number of hydrogen-bond donors (Lipinski definition) is 1. The van der Waals surface area contributed by atoms with Crippen LogP contribution in [0.4, 0.5) is 0 Å². The number of carbonyl (C=O) groups is 3. The van der Waals surface area contributed by atoms with Crippen molar-refractivity contribution in [1.29, 1.82) is 0 Å². The summed E-state index contributed by atoms with van der Waals surface area (Å²) in [6, 6.07) is 0. The van der Waals surface area contributed by atoms with Gasteiger partial charge in [-0.05, 0) is 26.7 Å². The zero-order valence-corrected chi connectivity index (χ0v) is 23.5. The van der Waals surface area contributed by atoms with Gasteiger partial charge in [0.15, 0.2) is 0 Å². The summed E-state index contributed by atoms with van der Waals surface area (Å²) in [5.41, 5.74) is -1.19. The molecule has 0 aliphatic carbocycles. The van der Waals surface area contributed by atoms with E-state index in [1.54, 1.807) is 0 Å². The predicted molar refractivity (Wildman–Crippen MR) is 116 cm³/mol. The van der Waals surface area contributed by atoms with Crippen LogP contribution in [0.5, 0.6) is 0 Å². The summed E-state index contributed by atoms with van der Waals surface area (Å²) in [4.78, 5) is 36.8. The van der Waals surface area contributed by atoms with E-state index >= 15 is 0 Å². The first-order chi connectivity index (χ1) is 14.3. The molecular formula is C21H35KO9S. The number of unbranched alkanes of at least 4 members (excludes halogenated alkanes) is 3. The van der Waals surface area contributed by atoms with Crippen molar-refractivity contribution >= 4 is 28.0 Å². The molecule has 0 fully saturated rings. The molecule has 0 aromatic rings. The second-order valence-corrected chi connectivity index (χ2v) is 9.15. The zero-order valence-electron chi connectivity index (χ0n) is 20.6. The van der Waals surface area contributed by atoms with Crippen LogP contribution in [-0.4, -0.2) is 56.5 Å². The third kappa shape index (κ3) is 14.6. The van der Waals surface area contributed by atoms with Crippen molar-refractivity contribution in [2.24, 2.45) is 5.41 Å². The molecule has 0 aromatic heterocycles. The van der Waals surface area contributed by atoms with Crippen LogP contribution in [0.2, 0.25) is 0 Å². The van der Waals surface area contributed by atoms with Crippen molar-refractivity contribution in [3.8, 4) is 0 Å². The van der Waals surface area contributed by atoms with Gasteiger partial charge in [-0.1, -0.05) is 45.8 Å². The third-order valence-electron chi connectivity index (χ3n) is 4.38. The molecule has 0 aliphatic heterocycles. The first kappa shape index (κ1) is 33.6. The van der Waals surface area contributed by atoms with Crippen molar-refractivity contribution in [3.05, 3.63) is 24.3 Å². The van der Waals surface area contributed by atoms with Crippen molar-refractivity contribution < 1.29 is 94.4 Å². The minimum atomic E-state index is -4.19. The van der Waals surface area contributed by atoms with Gasteiger partial charge in [0.25, 0.3) is 10.1 Å². The van der Waals surface area contributed by atoms with Crippen LogP contribution in [0.3, 0.4) is 0 Å². The van der Waals surface area contributed by atoms with Crippen molar-refractivity contribution in [2.75, 3.05) is 25.6 Å². The van der Waals surface area contributed by atoms with Crippen LogP contribution in [0, 0.1) is 5.41 Å². The van der Waals surface area contributed by atoms with Crippen LogP contribution < -0.4 is 51.4 Å². The molecule has 0 atom stereocenters. The molecule has 0 spiro atoms. The first-order valence-electron chi connectivity index (χ1n) is 10.1. The molecule has 0 aromatic carbocycles. The van der Waals surface area contributed by atoms with E-state index < -0.39 is 52.4 Å². The number of esters is 3. The van der Waals surface area contributed by atoms with Gasteiger partial charge in [0.2, 0.25) is 0 Å². The van der Waals surface area contributed by atoms with Crippen molar-refractivity contribution in [3.63, 3.8) is 0 Å². The van der Waals surface area contributed by atoms with Crippen LogP contribution in [0.15, 0.2) is 24.3 Å². The van der Waals surface area contributed by atoms with Gasteiger partial charge in [-0.3, -0.25) is 9.35 Å². The minimum Gasteiger partial charge on any atom is -1.00 e. The van der Waals surface area contributed by atoms with Crippen LogP contribution in [0.25, 0.3) is 0 Å². The number of hydrogen-bond acceptors (Lipinski definition) is 8. The van der Waals surface area contributed by atoms with Gasteiger partial charge in [-0.25, -0.2) is 9.59 Å². The Morgan fingerprint density at radius 3 is 1.81 bits per heavy atom. The Hall–Kier alpha value is -0.564. The van der Waals surface area contributed by atoms with Gasteiger partial charge in [0, 0.05) is 11.1 Å². The molecule has 11 heteroatoms. The average Bonchev–Trinajstić information content (AvgIpc) is 2.68. The molecule has 0 rings (SSSR count). The maximum absolute atomic E-state index is 13.0. The molecule has 0 aliphatic rings. The van der Waals surface area contributed by atoms with Crippen LogP contribution in [0.1, 0.15) is 60.7 Å². The van der Waals surface area contributed by atoms with E-state index in [9.17, 15) is 22.8 Å². The van der Waals surface area contributed by atoms with Gasteiger partial charge in [0.1, 0.15) is 18.6 Å². The molecule has 1 N–H and O–H groups in total. The second kappa shape index (κ2) is 17.0. The summed E-state index contributed by atoms with van der Waals surface area (Å²) in [5.74, 6) is -2.77. The number of rotatable bonds is 16. The summed E-state index contributed by atoms with van der Waals surface area (Å²) < 4.78 is 46.1. The Labute approximate surface area is 235 Å². The minimum absolute atomic E-state index is 0. The molecule has 0 unspecified atom stereocenters. The van der Waals surface area contributed by atoms with E-state index in [4.69, 9.17) is 18.8 Å². The largest absolute Gasteiger partial charge is 1.00 e. The molecular weight excluding hydrogens is 467 g/mol. The predicted octanol–water partition coefficient (Wildman–Crippen LogP) is 0.119. The molecule has 0 heterocycles. The van der Waals surface area contributed by atoms with E-state index in [0.717, 1.165) is 19.3 Å². The summed E-state index contributed by atoms with van der Waals surface area (Å²) in [6.07, 6.45) is 3.38. The fraction of sp³-hybridized carbons (Fsp3) is 0.667. The maximum atomic E-state index is 13.0. The molecule has 0 bridgehead atoms. The quantitative estimate of drug-likeness (QED) is 0.0780. The smallest absolute Gasteiger partial charge is 1.00 e. The van der Waals surface area contributed by atoms with E-state index in [-0.39, 0.29) is 83.4 Å². The summed E-state index contributed by atoms with van der Waals surface area (Å²) in [7, 11) is -4.19. The van der Waals surface area contributed by atoms with Crippen LogP contribution in [-0.2, 0) is 38.7 Å². The Morgan fingerprint density at radius 2 is 1.41 bits per heavy atom. The SMILES string of the molecule is C=C(C)C(=O)OCC(CCCCCC)(COC(=O)C(=C)C)C(=O)OCCCS(=O)(=O)O.[H-].[K+]. The fourth-order valence-corrected chi connectivity index (χ4v) is 2.99. The standard InChI is InChI=1S/C21H34O9S.K.H/c1-6-7-8-9-11-21(14-29-18(22)16(2)3,15-30-19(23)17(4)5)20(24)28-12-10-13-31(25,26)27;;/h2,4,6-15H2,1,3,5H3,(H,25,26,27);;/q;+1;-1. The maximum Gasteiger partial charge on any atom is 1.00 e. The van der Waals surface area contributed by atoms with Gasteiger partial charge >= 0.3 is 69.3 Å². The van der Waals surface area contributed by atoms with E-state index in [2.05, 4.69) is 13.2 Å². The van der Waals surface area contributed by atoms with Crippen LogP contribution >= 0.6 is 0 Å². The molecule has 9 nitrogen and oxygen atoms in total. The zero-order chi connectivity index (χ0) is 24.1. The Bertz CT molecular complexity index is 736. The Balaban J connectivity index is -0.00000450. The monoisotopic (exact) mass is 502 g/mol. The van der Waals surface area contributed by atoms with E-state index in [1.807, 2.05) is 6.92 Å². The molecule has 32 heavy (non-hydrogen) atoms. The normalized spacial score (nSPS) is 11.1. The second-order valence-electron chi connectivity index (χ2n) is 7.58. The molecule has 0 amide bonds. The van der Waals surface area contributed by atoms with Gasteiger partial charge < -0.3 is 15.6 Å². The molecule has 0 saturated carbocycles. The fourth-order valence-electron chi connectivity index (χ4n) is 2.51. The van der Waals surface area contributed by atoms with E-state index in [1.165, 1.54) is 13.8 Å². The molecule has 0 radical (unpaired) electrons. The Kier molecular flexibility index (Phi) is 17.8. The van der Waals surface area contributed by atoms with Gasteiger partial charge in [-0.2, -0.15) is 8.42 Å². The first-order valence-corrected chi connectivity index (χ1v) is 11.7. The van der Waals surface area contributed by atoms with Crippen molar-refractivity contribution in [2.45, 2.75) is 59.3 Å². The van der Waals surface area contributed by atoms with Crippen molar-refractivity contribution in [1.82, 2.24) is 0 Å². The summed E-state index contributed by atoms with van der Waals surface area (Å²) in [6.45, 7) is 10.9. The summed E-state index contributed by atoms with van der Waals surface area (Å²) >= 11 is 0.